The van der Waals surface area contributed by atoms with E-state index in [0.29, 0.717) is 16.8 Å². The van der Waals surface area contributed by atoms with Crippen LogP contribution in [0.15, 0.2) is 47.5 Å². The summed E-state index contributed by atoms with van der Waals surface area (Å²) in [5.74, 6) is -1.54. The number of aryl methyl sites for hydroxylation is 1. The largest absolute Gasteiger partial charge is 0.324 e. The molecule has 2 aromatic carbocycles. The van der Waals surface area contributed by atoms with E-state index in [2.05, 4.69) is 10.3 Å². The second kappa shape index (κ2) is 6.19. The fraction of sp³-hybridized carbons (Fsp3) is 0.118. The van der Waals surface area contributed by atoms with Gasteiger partial charge in [0.2, 0.25) is 5.91 Å². The standard InChI is InChI=1S/C17H13F2N3O2/c1-10-2-3-12(19)7-15(10)21-16(23)8-22-9-20-14-5-4-11(18)6-13(14)17(22)24/h2-7,9H,8H2,1H3,(H,21,23). The summed E-state index contributed by atoms with van der Waals surface area (Å²) in [5, 5.41) is 2.64. The summed E-state index contributed by atoms with van der Waals surface area (Å²) in [4.78, 5) is 28.4. The number of benzene rings is 2. The third kappa shape index (κ3) is 3.15. The molecule has 0 fully saturated rings. The summed E-state index contributed by atoms with van der Waals surface area (Å²) < 4.78 is 27.6. The molecule has 0 bridgehead atoms. The van der Waals surface area contributed by atoms with Gasteiger partial charge in [-0.2, -0.15) is 0 Å². The highest BCUT2D eigenvalue weighted by molar-refractivity contribution is 5.91. The Morgan fingerprint density at radius 3 is 2.67 bits per heavy atom. The van der Waals surface area contributed by atoms with E-state index in [1.54, 1.807) is 6.92 Å². The van der Waals surface area contributed by atoms with E-state index >= 15 is 0 Å². The number of halogens is 2. The highest BCUT2D eigenvalue weighted by atomic mass is 19.1. The fourth-order valence-corrected chi connectivity index (χ4v) is 2.32. The molecule has 3 aromatic rings. The molecule has 24 heavy (non-hydrogen) atoms. The molecular weight excluding hydrogens is 316 g/mol. The van der Waals surface area contributed by atoms with Gasteiger partial charge in [0.15, 0.2) is 0 Å². The molecule has 3 rings (SSSR count). The maximum atomic E-state index is 13.3. The summed E-state index contributed by atoms with van der Waals surface area (Å²) >= 11 is 0. The lowest BCUT2D eigenvalue weighted by molar-refractivity contribution is -0.116. The summed E-state index contributed by atoms with van der Waals surface area (Å²) in [6.45, 7) is 1.41. The van der Waals surface area contributed by atoms with Crippen LogP contribution in [0, 0.1) is 18.6 Å². The van der Waals surface area contributed by atoms with Crippen LogP contribution in [0.5, 0.6) is 0 Å². The van der Waals surface area contributed by atoms with Gasteiger partial charge in [-0.05, 0) is 42.8 Å². The molecule has 0 atom stereocenters. The predicted octanol–water partition coefficient (Wildman–Crippen LogP) is 2.62. The number of rotatable bonds is 3. The monoisotopic (exact) mass is 329 g/mol. The Hall–Kier alpha value is -3.09. The van der Waals surface area contributed by atoms with Gasteiger partial charge in [-0.25, -0.2) is 13.8 Å². The lowest BCUT2D eigenvalue weighted by Crippen LogP contribution is -2.28. The number of nitrogens with one attached hydrogen (secondary N) is 1. The molecule has 0 radical (unpaired) electrons. The molecule has 0 aliphatic carbocycles. The first-order valence-corrected chi connectivity index (χ1v) is 7.15. The Kier molecular flexibility index (Phi) is 4.07. The van der Waals surface area contributed by atoms with Crippen LogP contribution < -0.4 is 10.9 Å². The van der Waals surface area contributed by atoms with Crippen molar-refractivity contribution in [2.24, 2.45) is 0 Å². The number of hydrogen-bond acceptors (Lipinski definition) is 3. The quantitative estimate of drug-likeness (QED) is 0.803. The van der Waals surface area contributed by atoms with Crippen LogP contribution in [-0.4, -0.2) is 15.5 Å². The zero-order chi connectivity index (χ0) is 17.3. The Labute approximate surface area is 135 Å². The van der Waals surface area contributed by atoms with Crippen molar-refractivity contribution in [2.75, 3.05) is 5.32 Å². The van der Waals surface area contributed by atoms with E-state index in [1.807, 2.05) is 0 Å². The smallest absolute Gasteiger partial charge is 0.261 e. The van der Waals surface area contributed by atoms with E-state index in [4.69, 9.17) is 0 Å². The van der Waals surface area contributed by atoms with Gasteiger partial charge < -0.3 is 5.32 Å². The maximum Gasteiger partial charge on any atom is 0.261 e. The van der Waals surface area contributed by atoms with Crippen molar-refractivity contribution in [1.29, 1.82) is 0 Å². The number of hydrogen-bond donors (Lipinski definition) is 1. The predicted molar refractivity (Wildman–Crippen MR) is 85.7 cm³/mol. The van der Waals surface area contributed by atoms with Crippen LogP contribution in [0.4, 0.5) is 14.5 Å². The van der Waals surface area contributed by atoms with Crippen molar-refractivity contribution < 1.29 is 13.6 Å². The number of carbonyl (C=O) groups is 1. The molecule has 0 aliphatic rings. The lowest BCUT2D eigenvalue weighted by atomic mass is 10.2. The maximum absolute atomic E-state index is 13.3. The van der Waals surface area contributed by atoms with Crippen LogP contribution in [0.3, 0.4) is 0 Å². The topological polar surface area (TPSA) is 64.0 Å². The van der Waals surface area contributed by atoms with Gasteiger partial charge in [-0.15, -0.1) is 0 Å². The Morgan fingerprint density at radius 1 is 1.17 bits per heavy atom. The summed E-state index contributed by atoms with van der Waals surface area (Å²) in [6, 6.07) is 7.71. The Balaban J connectivity index is 1.87. The van der Waals surface area contributed by atoms with Gasteiger partial charge >= 0.3 is 0 Å². The molecule has 0 aliphatic heterocycles. The molecule has 0 spiro atoms. The fourth-order valence-electron chi connectivity index (χ4n) is 2.32. The van der Waals surface area contributed by atoms with Gasteiger partial charge in [0.25, 0.3) is 5.56 Å². The molecule has 0 saturated carbocycles. The van der Waals surface area contributed by atoms with E-state index in [1.165, 1.54) is 36.7 Å². The molecule has 1 amide bonds. The first-order chi connectivity index (χ1) is 11.4. The Morgan fingerprint density at radius 2 is 1.88 bits per heavy atom. The first kappa shape index (κ1) is 15.8. The van der Waals surface area contributed by atoms with Gasteiger partial charge in [0, 0.05) is 5.69 Å². The SMILES string of the molecule is Cc1ccc(F)cc1NC(=O)Cn1cnc2ccc(F)cc2c1=O. The highest BCUT2D eigenvalue weighted by Gasteiger charge is 2.10. The van der Waals surface area contributed by atoms with Gasteiger partial charge in [0.1, 0.15) is 18.2 Å². The highest BCUT2D eigenvalue weighted by Crippen LogP contribution is 2.16. The van der Waals surface area contributed by atoms with Gasteiger partial charge in [0.05, 0.1) is 17.2 Å². The molecule has 1 N–H and O–H groups in total. The second-order valence-corrected chi connectivity index (χ2v) is 5.35. The van der Waals surface area contributed by atoms with Crippen LogP contribution >= 0.6 is 0 Å². The molecule has 122 valence electrons. The molecule has 0 saturated heterocycles. The number of fused-ring (bicyclic) bond motifs is 1. The van der Waals surface area contributed by atoms with Crippen LogP contribution in [0.2, 0.25) is 0 Å². The molecule has 0 unspecified atom stereocenters. The molecule has 5 nitrogen and oxygen atoms in total. The first-order valence-electron chi connectivity index (χ1n) is 7.15. The normalized spacial score (nSPS) is 10.8. The molecular formula is C17H13F2N3O2. The zero-order valence-electron chi connectivity index (χ0n) is 12.7. The van der Waals surface area contributed by atoms with Crippen LogP contribution in [-0.2, 0) is 11.3 Å². The minimum Gasteiger partial charge on any atom is -0.324 e. The number of nitrogens with zero attached hydrogens (tertiary/aromatic N) is 2. The zero-order valence-corrected chi connectivity index (χ0v) is 12.7. The number of carbonyl (C=O) groups excluding carboxylic acids is 1. The number of amides is 1. The van der Waals surface area contributed by atoms with Crippen molar-refractivity contribution in [1.82, 2.24) is 9.55 Å². The summed E-state index contributed by atoms with van der Waals surface area (Å²) in [5.41, 5.74) is 0.841. The van der Waals surface area contributed by atoms with Gasteiger partial charge in [-0.3, -0.25) is 14.2 Å². The van der Waals surface area contributed by atoms with E-state index in [9.17, 15) is 18.4 Å². The Bertz CT molecular complexity index is 999. The van der Waals surface area contributed by atoms with Crippen molar-refractivity contribution >= 4 is 22.5 Å². The summed E-state index contributed by atoms with van der Waals surface area (Å²) in [7, 11) is 0. The van der Waals surface area contributed by atoms with Crippen LogP contribution in [0.1, 0.15) is 5.56 Å². The van der Waals surface area contributed by atoms with Crippen molar-refractivity contribution in [2.45, 2.75) is 13.5 Å². The minimum atomic E-state index is -0.556. The minimum absolute atomic E-state index is 0.0900. The summed E-state index contributed by atoms with van der Waals surface area (Å²) in [6.07, 6.45) is 1.22. The second-order valence-electron chi connectivity index (χ2n) is 5.35. The van der Waals surface area contributed by atoms with Crippen molar-refractivity contribution in [3.63, 3.8) is 0 Å². The molecule has 1 aromatic heterocycles. The average Bonchev–Trinajstić information content (AvgIpc) is 2.54. The third-order valence-corrected chi connectivity index (χ3v) is 3.57. The number of aromatic nitrogens is 2. The molecule has 7 heteroatoms. The van der Waals surface area contributed by atoms with E-state index in [0.717, 1.165) is 10.6 Å². The van der Waals surface area contributed by atoms with E-state index in [-0.39, 0.29) is 11.9 Å². The third-order valence-electron chi connectivity index (χ3n) is 3.57. The van der Waals surface area contributed by atoms with E-state index < -0.39 is 23.1 Å². The van der Waals surface area contributed by atoms with Gasteiger partial charge in [-0.1, -0.05) is 6.07 Å². The molecule has 1 heterocycles. The lowest BCUT2D eigenvalue weighted by Gasteiger charge is -2.10. The number of anilines is 1. The van der Waals surface area contributed by atoms with Crippen LogP contribution in [0.25, 0.3) is 10.9 Å². The average molecular weight is 329 g/mol. The van der Waals surface area contributed by atoms with Crippen molar-refractivity contribution in [3.05, 3.63) is 70.3 Å². The van der Waals surface area contributed by atoms with Crippen molar-refractivity contribution in [3.8, 4) is 0 Å².